The lowest BCUT2D eigenvalue weighted by molar-refractivity contribution is 0.0520. The zero-order valence-corrected chi connectivity index (χ0v) is 13.8. The summed E-state index contributed by atoms with van der Waals surface area (Å²) in [6.07, 6.45) is -0.446. The van der Waals surface area contributed by atoms with Crippen molar-refractivity contribution >= 4 is 27.6 Å². The van der Waals surface area contributed by atoms with Gasteiger partial charge in [0.2, 0.25) is 0 Å². The molecule has 7 heteroatoms. The van der Waals surface area contributed by atoms with Crippen molar-refractivity contribution in [3.8, 4) is 5.75 Å². The molecule has 0 saturated heterocycles. The van der Waals surface area contributed by atoms with Gasteiger partial charge in [-0.25, -0.2) is 9.78 Å². The molecule has 120 valence electrons. The first-order chi connectivity index (χ1) is 10.4. The Hall–Kier alpha value is -1.86. The third-order valence-electron chi connectivity index (χ3n) is 2.62. The Morgan fingerprint density at radius 3 is 2.86 bits per heavy atom. The number of alkyl carbamates (subject to hydrolysis) is 1. The van der Waals surface area contributed by atoms with Gasteiger partial charge in [0.1, 0.15) is 23.0 Å². The predicted octanol–water partition coefficient (Wildman–Crippen LogP) is 2.66. The van der Waals surface area contributed by atoms with Crippen molar-refractivity contribution in [1.29, 1.82) is 0 Å². The summed E-state index contributed by atoms with van der Waals surface area (Å²) >= 11 is 1.58. The van der Waals surface area contributed by atoms with E-state index in [0.29, 0.717) is 25.4 Å². The molecule has 3 N–H and O–H groups in total. The van der Waals surface area contributed by atoms with Crippen LogP contribution in [0.1, 0.15) is 25.8 Å². The Balaban J connectivity index is 1.81. The number of rotatable bonds is 5. The molecule has 1 aromatic heterocycles. The van der Waals surface area contributed by atoms with Crippen LogP contribution >= 0.6 is 11.3 Å². The molecule has 6 nitrogen and oxygen atoms in total. The van der Waals surface area contributed by atoms with E-state index in [0.717, 1.165) is 15.2 Å². The van der Waals surface area contributed by atoms with Crippen LogP contribution in [-0.4, -0.2) is 29.8 Å². The zero-order valence-electron chi connectivity index (χ0n) is 13.0. The lowest BCUT2D eigenvalue weighted by Crippen LogP contribution is -2.34. The van der Waals surface area contributed by atoms with E-state index in [2.05, 4.69) is 10.3 Å². The summed E-state index contributed by atoms with van der Waals surface area (Å²) in [5, 5.41) is 3.55. The van der Waals surface area contributed by atoms with Gasteiger partial charge in [-0.05, 0) is 32.9 Å². The average Bonchev–Trinajstić information content (AvgIpc) is 2.84. The fourth-order valence-corrected chi connectivity index (χ4v) is 2.59. The molecular weight excluding hydrogens is 302 g/mol. The van der Waals surface area contributed by atoms with Gasteiger partial charge >= 0.3 is 6.09 Å². The van der Waals surface area contributed by atoms with Gasteiger partial charge < -0.3 is 20.5 Å². The highest BCUT2D eigenvalue weighted by Gasteiger charge is 2.15. The largest absolute Gasteiger partial charge is 0.492 e. The third kappa shape index (κ3) is 4.85. The lowest BCUT2D eigenvalue weighted by Gasteiger charge is -2.19. The first kappa shape index (κ1) is 16.5. The second kappa shape index (κ2) is 6.93. The number of aromatic nitrogens is 1. The lowest BCUT2D eigenvalue weighted by atomic mass is 10.2. The second-order valence-corrected chi connectivity index (χ2v) is 6.83. The molecule has 22 heavy (non-hydrogen) atoms. The number of nitrogens with two attached hydrogens (primary N) is 1. The number of hydrogen-bond donors (Lipinski definition) is 2. The molecular formula is C15H21N3O3S. The van der Waals surface area contributed by atoms with Gasteiger partial charge in [0, 0.05) is 12.6 Å². The minimum absolute atomic E-state index is 0.360. The molecule has 1 amide bonds. The molecule has 1 aromatic carbocycles. The van der Waals surface area contributed by atoms with E-state index in [1.165, 1.54) is 0 Å². The summed E-state index contributed by atoms with van der Waals surface area (Å²) in [7, 11) is 0. The van der Waals surface area contributed by atoms with E-state index < -0.39 is 11.7 Å². The molecule has 0 saturated carbocycles. The zero-order chi connectivity index (χ0) is 16.2. The van der Waals surface area contributed by atoms with E-state index in [1.807, 2.05) is 39.0 Å². The van der Waals surface area contributed by atoms with Gasteiger partial charge in [-0.15, -0.1) is 11.3 Å². The Labute approximate surface area is 133 Å². The molecule has 0 aliphatic heterocycles. The monoisotopic (exact) mass is 323 g/mol. The SMILES string of the molecule is CC(C)(C)OC(=O)NCCOc1ccc2sc(CN)nc2c1. The van der Waals surface area contributed by atoms with Gasteiger partial charge in [0.15, 0.2) is 0 Å². The smallest absolute Gasteiger partial charge is 0.407 e. The Morgan fingerprint density at radius 1 is 1.41 bits per heavy atom. The van der Waals surface area contributed by atoms with E-state index in [1.54, 1.807) is 11.3 Å². The van der Waals surface area contributed by atoms with Crippen molar-refractivity contribution in [2.45, 2.75) is 32.9 Å². The topological polar surface area (TPSA) is 86.5 Å². The van der Waals surface area contributed by atoms with Crippen LogP contribution in [0.3, 0.4) is 0 Å². The fraction of sp³-hybridized carbons (Fsp3) is 0.467. The standard InChI is InChI=1S/C15H21N3O3S/c1-15(2,3)21-14(19)17-6-7-20-10-4-5-12-11(8-10)18-13(9-16)22-12/h4-5,8H,6-7,9,16H2,1-3H3,(H,17,19). The number of amides is 1. The van der Waals surface area contributed by atoms with Crippen LogP contribution in [0.5, 0.6) is 5.75 Å². The molecule has 0 spiro atoms. The summed E-state index contributed by atoms with van der Waals surface area (Å²) in [4.78, 5) is 15.9. The Kier molecular flexibility index (Phi) is 5.20. The molecule has 0 aliphatic rings. The summed E-state index contributed by atoms with van der Waals surface area (Å²) < 4.78 is 11.8. The van der Waals surface area contributed by atoms with E-state index in [-0.39, 0.29) is 0 Å². The number of nitrogens with one attached hydrogen (secondary N) is 1. The molecule has 2 rings (SSSR count). The Bertz CT molecular complexity index is 649. The minimum Gasteiger partial charge on any atom is -0.492 e. The molecule has 0 bridgehead atoms. The van der Waals surface area contributed by atoms with E-state index in [4.69, 9.17) is 15.2 Å². The normalized spacial score (nSPS) is 11.5. The number of carbonyl (C=O) groups is 1. The van der Waals surface area contributed by atoms with Gasteiger partial charge in [-0.2, -0.15) is 0 Å². The molecule has 0 fully saturated rings. The number of benzene rings is 1. The predicted molar refractivity (Wildman–Crippen MR) is 87.2 cm³/mol. The minimum atomic E-state index is -0.499. The first-order valence-corrected chi connectivity index (χ1v) is 7.88. The maximum atomic E-state index is 11.5. The summed E-state index contributed by atoms with van der Waals surface area (Å²) in [5.74, 6) is 0.715. The Morgan fingerprint density at radius 2 is 2.18 bits per heavy atom. The van der Waals surface area contributed by atoms with Crippen LogP contribution in [0.25, 0.3) is 10.2 Å². The van der Waals surface area contributed by atoms with Crippen LogP contribution < -0.4 is 15.8 Å². The highest BCUT2D eigenvalue weighted by atomic mass is 32.1. The van der Waals surface area contributed by atoms with Crippen molar-refractivity contribution < 1.29 is 14.3 Å². The number of carbonyl (C=O) groups excluding carboxylic acids is 1. The van der Waals surface area contributed by atoms with Crippen molar-refractivity contribution in [1.82, 2.24) is 10.3 Å². The molecule has 1 heterocycles. The number of fused-ring (bicyclic) bond motifs is 1. The van der Waals surface area contributed by atoms with E-state index >= 15 is 0 Å². The van der Waals surface area contributed by atoms with Gasteiger partial charge in [0.25, 0.3) is 0 Å². The van der Waals surface area contributed by atoms with Gasteiger partial charge in [-0.3, -0.25) is 0 Å². The number of nitrogens with zero attached hydrogens (tertiary/aromatic N) is 1. The van der Waals surface area contributed by atoms with Crippen molar-refractivity contribution in [3.63, 3.8) is 0 Å². The summed E-state index contributed by atoms with van der Waals surface area (Å²) in [6.45, 7) is 6.64. The fourth-order valence-electron chi connectivity index (χ4n) is 1.77. The van der Waals surface area contributed by atoms with Crippen LogP contribution in [0.15, 0.2) is 18.2 Å². The number of thiazole rings is 1. The average molecular weight is 323 g/mol. The van der Waals surface area contributed by atoms with Gasteiger partial charge in [-0.1, -0.05) is 0 Å². The van der Waals surface area contributed by atoms with Gasteiger partial charge in [0.05, 0.1) is 16.8 Å². The van der Waals surface area contributed by atoms with Crippen LogP contribution in [0.2, 0.25) is 0 Å². The van der Waals surface area contributed by atoms with Crippen LogP contribution in [0, 0.1) is 0 Å². The van der Waals surface area contributed by atoms with Crippen molar-refractivity contribution in [2.24, 2.45) is 5.73 Å². The van der Waals surface area contributed by atoms with Crippen LogP contribution in [0.4, 0.5) is 4.79 Å². The molecule has 2 aromatic rings. The number of ether oxygens (including phenoxy) is 2. The molecule has 0 unspecified atom stereocenters. The second-order valence-electron chi connectivity index (χ2n) is 5.72. The highest BCUT2D eigenvalue weighted by molar-refractivity contribution is 7.18. The van der Waals surface area contributed by atoms with Crippen LogP contribution in [-0.2, 0) is 11.3 Å². The maximum Gasteiger partial charge on any atom is 0.407 e. The van der Waals surface area contributed by atoms with Crippen molar-refractivity contribution in [3.05, 3.63) is 23.2 Å². The third-order valence-corrected chi connectivity index (χ3v) is 3.68. The first-order valence-electron chi connectivity index (χ1n) is 7.06. The summed E-state index contributed by atoms with van der Waals surface area (Å²) in [6, 6.07) is 5.72. The molecule has 0 radical (unpaired) electrons. The molecule has 0 aliphatic carbocycles. The maximum absolute atomic E-state index is 11.5. The quantitative estimate of drug-likeness (QED) is 0.826. The van der Waals surface area contributed by atoms with Crippen molar-refractivity contribution in [2.75, 3.05) is 13.2 Å². The summed E-state index contributed by atoms with van der Waals surface area (Å²) in [5.41, 5.74) is 5.97. The molecule has 0 atom stereocenters. The number of hydrogen-bond acceptors (Lipinski definition) is 6. The van der Waals surface area contributed by atoms with E-state index in [9.17, 15) is 4.79 Å². The highest BCUT2D eigenvalue weighted by Crippen LogP contribution is 2.25.